The van der Waals surface area contributed by atoms with Crippen molar-refractivity contribution < 1.29 is 13.9 Å². The van der Waals surface area contributed by atoms with Gasteiger partial charge in [-0.2, -0.15) is 5.10 Å². The number of hydrogen-bond donors (Lipinski definition) is 0. The summed E-state index contributed by atoms with van der Waals surface area (Å²) in [6.45, 7) is 4.05. The van der Waals surface area contributed by atoms with E-state index in [0.29, 0.717) is 23.7 Å². The molecule has 0 unspecified atom stereocenters. The van der Waals surface area contributed by atoms with Crippen molar-refractivity contribution in [3.8, 4) is 5.69 Å². The van der Waals surface area contributed by atoms with Crippen LogP contribution in [0.4, 0.5) is 4.39 Å². The van der Waals surface area contributed by atoms with Crippen molar-refractivity contribution in [2.24, 2.45) is 0 Å². The Morgan fingerprint density at radius 3 is 2.88 bits per heavy atom. The lowest BCUT2D eigenvalue weighted by Crippen LogP contribution is -2.04. The lowest BCUT2D eigenvalue weighted by atomic mass is 10.2. The molecule has 4 aromatic rings. The van der Waals surface area contributed by atoms with Gasteiger partial charge in [-0.05, 0) is 57.0 Å². The number of nitrogens with zero attached hydrogens (tertiary/aromatic N) is 3. The fourth-order valence-electron chi connectivity index (χ4n) is 3.86. The minimum absolute atomic E-state index is 0.0756. The van der Waals surface area contributed by atoms with E-state index in [1.807, 2.05) is 40.6 Å². The Morgan fingerprint density at radius 2 is 2.12 bits per heavy atom. The van der Waals surface area contributed by atoms with Gasteiger partial charge in [0.05, 0.1) is 40.6 Å². The fraction of sp³-hybridized carbons (Fsp3) is 0.250. The van der Waals surface area contributed by atoms with E-state index in [-0.39, 0.29) is 11.0 Å². The number of fused-ring (bicyclic) bond motifs is 1. The van der Waals surface area contributed by atoms with Gasteiger partial charge in [0.15, 0.2) is 5.82 Å². The zero-order chi connectivity index (χ0) is 22.4. The molecule has 2 aromatic heterocycles. The molecule has 1 aliphatic carbocycles. The molecule has 8 heteroatoms. The quantitative estimate of drug-likeness (QED) is 0.299. The van der Waals surface area contributed by atoms with Crippen LogP contribution in [0.5, 0.6) is 0 Å². The second kappa shape index (κ2) is 8.30. The minimum atomic E-state index is -0.460. The molecule has 5 nitrogen and oxygen atoms in total. The maximum atomic E-state index is 15.3. The Kier molecular flexibility index (Phi) is 5.47. The predicted octanol–water partition coefficient (Wildman–Crippen LogP) is 6.59. The van der Waals surface area contributed by atoms with Crippen molar-refractivity contribution in [2.75, 3.05) is 6.61 Å². The number of ether oxygens (including phenoxy) is 1. The second-order valence-corrected chi connectivity index (χ2v) is 9.26. The molecule has 2 aromatic carbocycles. The molecular weight excluding hydrogens is 449 g/mol. The van der Waals surface area contributed by atoms with Crippen LogP contribution in [0.25, 0.3) is 16.6 Å². The zero-order valence-corrected chi connectivity index (χ0v) is 19.2. The van der Waals surface area contributed by atoms with Crippen molar-refractivity contribution in [2.45, 2.75) is 42.5 Å². The summed E-state index contributed by atoms with van der Waals surface area (Å²) < 4.78 is 24.2. The summed E-state index contributed by atoms with van der Waals surface area (Å²) in [4.78, 5) is 13.9. The van der Waals surface area contributed by atoms with Crippen LogP contribution in [-0.2, 0) is 4.74 Å². The third-order valence-electron chi connectivity index (χ3n) is 5.53. The first kappa shape index (κ1) is 21.1. The number of carbonyl (C=O) groups is 1. The van der Waals surface area contributed by atoms with Crippen molar-refractivity contribution in [1.29, 1.82) is 0 Å². The van der Waals surface area contributed by atoms with E-state index in [4.69, 9.17) is 16.3 Å². The summed E-state index contributed by atoms with van der Waals surface area (Å²) in [5.74, 6) is -0.821. The molecule has 0 atom stereocenters. The molecule has 5 rings (SSSR count). The van der Waals surface area contributed by atoms with E-state index in [1.165, 1.54) is 11.8 Å². The molecule has 0 N–H and O–H groups in total. The average molecular weight is 470 g/mol. The molecular formula is C24H21ClFN3O2S. The minimum Gasteiger partial charge on any atom is -0.462 e. The van der Waals surface area contributed by atoms with E-state index in [9.17, 15) is 4.79 Å². The molecule has 1 fully saturated rings. The van der Waals surface area contributed by atoms with Gasteiger partial charge in [0.2, 0.25) is 0 Å². The molecule has 1 saturated carbocycles. The van der Waals surface area contributed by atoms with Gasteiger partial charge in [-0.15, -0.1) is 0 Å². The lowest BCUT2D eigenvalue weighted by molar-refractivity contribution is 0.0526. The Balaban J connectivity index is 1.62. The highest BCUT2D eigenvalue weighted by atomic mass is 35.5. The standard InChI is InChI=1S/C24H21ClFN3O2S/c1-3-31-24(30)15-5-4-6-18(11-15)32-23-14(2)29(17-12-27-28(13-17)16-7-8-16)22-19(23)9-10-20(25)21(22)26/h4-6,9-13,16H,3,7-8H2,1-2H3. The van der Waals surface area contributed by atoms with Crippen LogP contribution in [0.3, 0.4) is 0 Å². The number of carbonyl (C=O) groups excluding carboxylic acids is 1. The summed E-state index contributed by atoms with van der Waals surface area (Å²) in [5.41, 5.74) is 2.59. The first-order valence-corrected chi connectivity index (χ1v) is 11.7. The third kappa shape index (κ3) is 3.69. The van der Waals surface area contributed by atoms with Gasteiger partial charge in [0.25, 0.3) is 0 Å². The van der Waals surface area contributed by atoms with E-state index >= 15 is 4.39 Å². The molecule has 1 aliphatic rings. The van der Waals surface area contributed by atoms with Crippen LogP contribution >= 0.6 is 23.4 Å². The SMILES string of the molecule is CCOC(=O)c1cccc(Sc2c(C)n(-c3cnn(C4CC4)c3)c3c(F)c(Cl)ccc23)c1. The molecule has 0 spiro atoms. The zero-order valence-electron chi connectivity index (χ0n) is 17.6. The van der Waals surface area contributed by atoms with Crippen LogP contribution < -0.4 is 0 Å². The highest BCUT2D eigenvalue weighted by Crippen LogP contribution is 2.42. The van der Waals surface area contributed by atoms with Gasteiger partial charge in [0, 0.05) is 27.1 Å². The summed E-state index contributed by atoms with van der Waals surface area (Å²) in [6, 6.07) is 11.1. The lowest BCUT2D eigenvalue weighted by Gasteiger charge is -2.07. The second-order valence-electron chi connectivity index (χ2n) is 7.77. The van der Waals surface area contributed by atoms with Crippen LogP contribution in [0, 0.1) is 12.7 Å². The first-order valence-electron chi connectivity index (χ1n) is 10.5. The molecule has 2 heterocycles. The number of halogens is 2. The van der Waals surface area contributed by atoms with Crippen LogP contribution in [0.15, 0.2) is 58.6 Å². The monoisotopic (exact) mass is 469 g/mol. The van der Waals surface area contributed by atoms with Gasteiger partial charge in [0.1, 0.15) is 0 Å². The van der Waals surface area contributed by atoms with Gasteiger partial charge in [-0.1, -0.05) is 29.4 Å². The third-order valence-corrected chi connectivity index (χ3v) is 7.03. The number of aromatic nitrogens is 3. The van der Waals surface area contributed by atoms with Gasteiger partial charge in [-0.25, -0.2) is 9.18 Å². The Labute approximate surface area is 194 Å². The van der Waals surface area contributed by atoms with Crippen molar-refractivity contribution in [3.63, 3.8) is 0 Å². The highest BCUT2D eigenvalue weighted by Gasteiger charge is 2.26. The predicted molar refractivity (Wildman–Crippen MR) is 124 cm³/mol. The normalized spacial score (nSPS) is 13.6. The molecule has 0 bridgehead atoms. The van der Waals surface area contributed by atoms with Crippen molar-refractivity contribution in [1.82, 2.24) is 14.3 Å². The number of esters is 1. The van der Waals surface area contributed by atoms with Crippen LogP contribution in [0.1, 0.15) is 41.9 Å². The molecule has 0 aliphatic heterocycles. The van der Waals surface area contributed by atoms with Gasteiger partial charge in [-0.3, -0.25) is 4.68 Å². The fourth-order valence-corrected chi connectivity index (χ4v) is 5.09. The Hall–Kier alpha value is -2.77. The highest BCUT2D eigenvalue weighted by molar-refractivity contribution is 7.99. The van der Waals surface area contributed by atoms with Gasteiger partial charge >= 0.3 is 5.97 Å². The maximum absolute atomic E-state index is 15.3. The molecule has 0 radical (unpaired) electrons. The smallest absolute Gasteiger partial charge is 0.338 e. The maximum Gasteiger partial charge on any atom is 0.338 e. The number of benzene rings is 2. The Bertz CT molecular complexity index is 1340. The van der Waals surface area contributed by atoms with Gasteiger partial charge < -0.3 is 9.30 Å². The molecule has 0 amide bonds. The van der Waals surface area contributed by atoms with E-state index < -0.39 is 5.82 Å². The summed E-state index contributed by atoms with van der Waals surface area (Å²) in [6.07, 6.45) is 5.95. The number of rotatable bonds is 6. The van der Waals surface area contributed by atoms with Crippen molar-refractivity contribution in [3.05, 3.63) is 70.9 Å². The number of hydrogen-bond acceptors (Lipinski definition) is 4. The average Bonchev–Trinajstić information content (AvgIpc) is 3.46. The topological polar surface area (TPSA) is 49.1 Å². The van der Waals surface area contributed by atoms with Crippen molar-refractivity contribution >= 4 is 40.2 Å². The van der Waals surface area contributed by atoms with E-state index in [2.05, 4.69) is 5.10 Å². The largest absolute Gasteiger partial charge is 0.462 e. The molecule has 32 heavy (non-hydrogen) atoms. The van der Waals surface area contributed by atoms with E-state index in [1.54, 1.807) is 31.3 Å². The van der Waals surface area contributed by atoms with Crippen LogP contribution in [-0.4, -0.2) is 26.9 Å². The molecule has 0 saturated heterocycles. The summed E-state index contributed by atoms with van der Waals surface area (Å²) in [5, 5.41) is 5.31. The summed E-state index contributed by atoms with van der Waals surface area (Å²) in [7, 11) is 0. The molecule has 164 valence electrons. The van der Waals surface area contributed by atoms with Crippen LogP contribution in [0.2, 0.25) is 5.02 Å². The first-order chi connectivity index (χ1) is 15.5. The van der Waals surface area contributed by atoms with E-state index in [0.717, 1.165) is 39.4 Å². The summed E-state index contributed by atoms with van der Waals surface area (Å²) >= 11 is 7.64. The Morgan fingerprint density at radius 1 is 1.31 bits per heavy atom.